The summed E-state index contributed by atoms with van der Waals surface area (Å²) in [6.45, 7) is 8.97. The van der Waals surface area contributed by atoms with Crippen LogP contribution in [0.1, 0.15) is 38.8 Å². The highest BCUT2D eigenvalue weighted by molar-refractivity contribution is 6.10. The summed E-state index contributed by atoms with van der Waals surface area (Å²) in [6, 6.07) is 54.1. The molecule has 0 radical (unpaired) electrons. The Morgan fingerprint density at radius 2 is 0.818 bits per heavy atom. The molecule has 5 aromatic heterocycles. The van der Waals surface area contributed by atoms with Crippen LogP contribution in [0, 0.1) is 11.8 Å². The third kappa shape index (κ3) is 7.91. The van der Waals surface area contributed by atoms with Gasteiger partial charge in [-0.05, 0) is 121 Å². The molecule has 66 heavy (non-hydrogen) atoms. The summed E-state index contributed by atoms with van der Waals surface area (Å²) >= 11 is 0. The van der Waals surface area contributed by atoms with Crippen LogP contribution in [0.2, 0.25) is 0 Å². The highest BCUT2D eigenvalue weighted by atomic mass is 16.5. The second-order valence-corrected chi connectivity index (χ2v) is 17.9. The van der Waals surface area contributed by atoms with Crippen LogP contribution in [0.15, 0.2) is 183 Å². The van der Waals surface area contributed by atoms with E-state index in [1.54, 1.807) is 0 Å². The second-order valence-electron chi connectivity index (χ2n) is 17.9. The fraction of sp³-hybridized carbons (Fsp3) is 0.138. The molecule has 0 fully saturated rings. The molecule has 0 spiro atoms. The predicted molar refractivity (Wildman–Crippen MR) is 267 cm³/mol. The third-order valence-corrected chi connectivity index (χ3v) is 12.0. The van der Waals surface area contributed by atoms with E-state index in [2.05, 4.69) is 134 Å². The molecule has 0 saturated heterocycles. The van der Waals surface area contributed by atoms with E-state index in [0.717, 1.165) is 91.3 Å². The van der Waals surface area contributed by atoms with Crippen molar-refractivity contribution in [3.8, 4) is 57.1 Å². The maximum Gasteiger partial charge on any atom is 0.137 e. The summed E-state index contributed by atoms with van der Waals surface area (Å²) in [5.41, 5.74) is 10.1. The van der Waals surface area contributed by atoms with E-state index in [1.165, 1.54) is 21.9 Å². The Labute approximate surface area is 383 Å². The van der Waals surface area contributed by atoms with Gasteiger partial charge in [-0.1, -0.05) is 88.4 Å². The van der Waals surface area contributed by atoms with Gasteiger partial charge >= 0.3 is 0 Å². The predicted octanol–water partition coefficient (Wildman–Crippen LogP) is 14.8. The number of hydrogen-bond acceptors (Lipinski definition) is 6. The molecule has 5 heterocycles. The van der Waals surface area contributed by atoms with Gasteiger partial charge in [0.1, 0.15) is 34.6 Å². The smallest absolute Gasteiger partial charge is 0.137 e. The Balaban J connectivity index is 0.841. The number of benzene rings is 6. The van der Waals surface area contributed by atoms with Crippen LogP contribution in [0.4, 0.5) is 0 Å². The van der Waals surface area contributed by atoms with E-state index >= 15 is 0 Å². The van der Waals surface area contributed by atoms with Gasteiger partial charge < -0.3 is 9.47 Å². The van der Waals surface area contributed by atoms with Crippen molar-refractivity contribution in [3.05, 3.63) is 194 Å². The van der Waals surface area contributed by atoms with Crippen LogP contribution >= 0.6 is 0 Å². The molecule has 0 saturated carbocycles. The number of pyridine rings is 2. The summed E-state index contributed by atoms with van der Waals surface area (Å²) in [7, 11) is 0. The minimum Gasteiger partial charge on any atom is -0.457 e. The van der Waals surface area contributed by atoms with Crippen molar-refractivity contribution in [2.45, 2.75) is 40.5 Å². The minimum atomic E-state index is 0.549. The first-order valence-corrected chi connectivity index (χ1v) is 22.7. The zero-order valence-corrected chi connectivity index (χ0v) is 37.4. The lowest BCUT2D eigenvalue weighted by molar-refractivity contribution is 0.483. The zero-order valence-electron chi connectivity index (χ0n) is 37.4. The average Bonchev–Trinajstić information content (AvgIpc) is 3.84. The number of aromatic nitrogens is 6. The van der Waals surface area contributed by atoms with Crippen LogP contribution in [0.25, 0.3) is 77.8 Å². The summed E-state index contributed by atoms with van der Waals surface area (Å²) in [6.07, 6.45) is 9.43. The number of para-hydroxylation sites is 2. The van der Waals surface area contributed by atoms with E-state index in [4.69, 9.17) is 29.4 Å². The maximum atomic E-state index is 6.55. The van der Waals surface area contributed by atoms with Crippen molar-refractivity contribution in [2.75, 3.05) is 0 Å². The molecule has 0 atom stereocenters. The quantitative estimate of drug-likeness (QED) is 0.122. The van der Waals surface area contributed by atoms with E-state index in [9.17, 15) is 0 Å². The van der Waals surface area contributed by atoms with Gasteiger partial charge in [-0.3, -0.25) is 19.1 Å². The zero-order chi connectivity index (χ0) is 44.7. The lowest BCUT2D eigenvalue weighted by Gasteiger charge is -2.12. The number of hydrogen-bond donors (Lipinski definition) is 0. The van der Waals surface area contributed by atoms with Crippen molar-refractivity contribution in [3.63, 3.8) is 0 Å². The Morgan fingerprint density at radius 3 is 1.26 bits per heavy atom. The molecule has 0 aliphatic heterocycles. The van der Waals surface area contributed by atoms with Crippen LogP contribution in [-0.2, 0) is 12.8 Å². The van der Waals surface area contributed by atoms with Gasteiger partial charge in [-0.2, -0.15) is 0 Å². The molecule has 8 heteroatoms. The number of fused-ring (bicyclic) bond motifs is 6. The van der Waals surface area contributed by atoms with Gasteiger partial charge in [-0.15, -0.1) is 0 Å². The van der Waals surface area contributed by atoms with E-state index < -0.39 is 0 Å². The SMILES string of the molecule is CC(C)Cc1ccnc(-n2c3ccccc3c3ccc(Oc4cccc(-c5cnc(-c6cccc(Oc7ccc8c9ccccc9n(-c9cc(CC(C)C)ccn9)c8c7)c6)cn5)c4)cc32)c1. The Hall–Kier alpha value is -8.10. The van der Waals surface area contributed by atoms with Crippen molar-refractivity contribution in [1.82, 2.24) is 29.1 Å². The first kappa shape index (κ1) is 40.7. The Morgan fingerprint density at radius 1 is 0.394 bits per heavy atom. The van der Waals surface area contributed by atoms with Crippen molar-refractivity contribution < 1.29 is 9.47 Å². The summed E-state index contributed by atoms with van der Waals surface area (Å²) < 4.78 is 17.6. The second kappa shape index (κ2) is 17.1. The van der Waals surface area contributed by atoms with Crippen molar-refractivity contribution in [1.29, 1.82) is 0 Å². The third-order valence-electron chi connectivity index (χ3n) is 12.0. The summed E-state index contributed by atoms with van der Waals surface area (Å²) in [5, 5.41) is 4.64. The molecule has 11 rings (SSSR count). The first-order chi connectivity index (χ1) is 32.3. The van der Waals surface area contributed by atoms with Crippen LogP contribution < -0.4 is 9.47 Å². The molecule has 0 bridgehead atoms. The highest BCUT2D eigenvalue weighted by Gasteiger charge is 2.17. The fourth-order valence-electron chi connectivity index (χ4n) is 9.22. The lowest BCUT2D eigenvalue weighted by atomic mass is 10.0. The molecule has 8 nitrogen and oxygen atoms in total. The molecule has 11 aromatic rings. The van der Waals surface area contributed by atoms with Gasteiger partial charge in [0.25, 0.3) is 0 Å². The van der Waals surface area contributed by atoms with Gasteiger partial charge in [0.15, 0.2) is 0 Å². The molecule has 0 aliphatic carbocycles. The standard InChI is InChI=1S/C58H48N6O2/c1-37(2)27-39-23-25-59-57(29-39)63-53-17-7-5-15-47(53)49-21-19-45(33-55(49)63)65-43-13-9-11-41(31-43)51-35-62-52(36-61-51)42-12-10-14-44(32-42)66-46-20-22-50-48-16-6-8-18-54(48)64(56(50)34-46)58-30-40(24-26-60-58)28-38(3)4/h5-26,29-38H,27-28H2,1-4H3. The lowest BCUT2D eigenvalue weighted by Crippen LogP contribution is -2.00. The van der Waals surface area contributed by atoms with E-state index in [0.29, 0.717) is 23.3 Å². The van der Waals surface area contributed by atoms with E-state index in [-0.39, 0.29) is 0 Å². The van der Waals surface area contributed by atoms with Gasteiger partial charge in [0.05, 0.1) is 45.8 Å². The minimum absolute atomic E-state index is 0.549. The Kier molecular flexibility index (Phi) is 10.5. The van der Waals surface area contributed by atoms with Crippen molar-refractivity contribution >= 4 is 43.6 Å². The fourth-order valence-corrected chi connectivity index (χ4v) is 9.22. The van der Waals surface area contributed by atoms with Crippen LogP contribution in [0.3, 0.4) is 0 Å². The van der Waals surface area contributed by atoms with Crippen molar-refractivity contribution in [2.24, 2.45) is 11.8 Å². The molecular weight excluding hydrogens is 813 g/mol. The largest absolute Gasteiger partial charge is 0.457 e. The summed E-state index contributed by atoms with van der Waals surface area (Å²) in [5.74, 6) is 5.77. The maximum absolute atomic E-state index is 6.55. The first-order valence-electron chi connectivity index (χ1n) is 22.7. The molecule has 0 amide bonds. The van der Waals surface area contributed by atoms with Crippen LogP contribution in [-0.4, -0.2) is 29.1 Å². The van der Waals surface area contributed by atoms with E-state index in [1.807, 2.05) is 85.5 Å². The molecule has 6 aromatic carbocycles. The molecule has 322 valence electrons. The number of nitrogens with zero attached hydrogens (tertiary/aromatic N) is 6. The van der Waals surface area contributed by atoms with Gasteiger partial charge in [-0.25, -0.2) is 9.97 Å². The molecule has 0 unspecified atom stereocenters. The number of ether oxygens (including phenoxy) is 2. The average molecular weight is 861 g/mol. The van der Waals surface area contributed by atoms with Gasteiger partial charge in [0, 0.05) is 57.2 Å². The molecule has 0 N–H and O–H groups in total. The summed E-state index contributed by atoms with van der Waals surface area (Å²) in [4.78, 5) is 19.4. The topological polar surface area (TPSA) is 79.9 Å². The highest BCUT2D eigenvalue weighted by Crippen LogP contribution is 2.38. The molecular formula is C58H48N6O2. The van der Waals surface area contributed by atoms with Crippen LogP contribution in [0.5, 0.6) is 23.0 Å². The molecule has 0 aliphatic rings. The number of rotatable bonds is 12. The van der Waals surface area contributed by atoms with Gasteiger partial charge in [0.2, 0.25) is 0 Å². The monoisotopic (exact) mass is 860 g/mol. The Bertz CT molecular complexity index is 3330. The normalized spacial score (nSPS) is 11.7.